The lowest BCUT2D eigenvalue weighted by molar-refractivity contribution is 0.132. The van der Waals surface area contributed by atoms with Crippen molar-refractivity contribution in [2.75, 3.05) is 13.2 Å². The highest BCUT2D eigenvalue weighted by Crippen LogP contribution is 1.82. The highest BCUT2D eigenvalue weighted by molar-refractivity contribution is 5.73. The van der Waals surface area contributed by atoms with Gasteiger partial charge in [0.05, 0.1) is 6.61 Å². The minimum atomic E-state index is -0.733. The van der Waals surface area contributed by atoms with E-state index >= 15 is 0 Å². The van der Waals surface area contributed by atoms with Gasteiger partial charge in [-0.05, 0) is 13.3 Å². The molecule has 0 atom stereocenters. The molecule has 2 N–H and O–H groups in total. The summed E-state index contributed by atoms with van der Waals surface area (Å²) in [6.07, 6.45) is 3.00. The first-order valence-electron chi connectivity index (χ1n) is 4.71. The maximum absolute atomic E-state index is 10.9. The minimum Gasteiger partial charge on any atom is -0.449 e. The fourth-order valence-electron chi connectivity index (χ4n) is 0.664. The van der Waals surface area contributed by atoms with E-state index in [1.165, 1.54) is 0 Å². The monoisotopic (exact) mass is 216 g/mol. The van der Waals surface area contributed by atoms with Crippen molar-refractivity contribution in [2.24, 2.45) is 0 Å². The Kier molecular flexibility index (Phi) is 7.84. The lowest BCUT2D eigenvalue weighted by Crippen LogP contribution is -2.42. The number of amides is 2. The van der Waals surface area contributed by atoms with Crippen molar-refractivity contribution >= 4 is 12.2 Å². The van der Waals surface area contributed by atoms with Crippen LogP contribution in [0.2, 0.25) is 0 Å². The fourth-order valence-corrected chi connectivity index (χ4v) is 0.664. The SMILES string of the molecule is CC/C=C/COC(=O)NNC(=O)OCC. The van der Waals surface area contributed by atoms with Crippen molar-refractivity contribution in [3.8, 4) is 0 Å². The average molecular weight is 216 g/mol. The molecule has 0 aromatic carbocycles. The van der Waals surface area contributed by atoms with Crippen molar-refractivity contribution in [1.29, 1.82) is 0 Å². The largest absolute Gasteiger partial charge is 0.449 e. The molecule has 0 heterocycles. The maximum Gasteiger partial charge on any atom is 0.426 e. The number of rotatable bonds is 4. The van der Waals surface area contributed by atoms with Gasteiger partial charge < -0.3 is 9.47 Å². The summed E-state index contributed by atoms with van der Waals surface area (Å²) in [5.41, 5.74) is 4.04. The summed E-state index contributed by atoms with van der Waals surface area (Å²) >= 11 is 0. The van der Waals surface area contributed by atoms with E-state index in [2.05, 4.69) is 9.47 Å². The van der Waals surface area contributed by atoms with E-state index in [9.17, 15) is 9.59 Å². The van der Waals surface area contributed by atoms with Crippen molar-refractivity contribution in [3.05, 3.63) is 12.2 Å². The number of allylic oxidation sites excluding steroid dienone is 1. The topological polar surface area (TPSA) is 76.7 Å². The van der Waals surface area contributed by atoms with Gasteiger partial charge in [-0.1, -0.05) is 19.1 Å². The molecule has 0 spiro atoms. The molecule has 0 fully saturated rings. The molecule has 0 bridgehead atoms. The lowest BCUT2D eigenvalue weighted by Gasteiger charge is -2.06. The molecule has 0 unspecified atom stereocenters. The Morgan fingerprint density at radius 3 is 2.20 bits per heavy atom. The molecule has 0 aromatic heterocycles. The van der Waals surface area contributed by atoms with Crippen LogP contribution >= 0.6 is 0 Å². The van der Waals surface area contributed by atoms with E-state index in [4.69, 9.17) is 0 Å². The highest BCUT2D eigenvalue weighted by atomic mass is 16.6. The predicted molar refractivity (Wildman–Crippen MR) is 54.1 cm³/mol. The molecular formula is C9H16N2O4. The van der Waals surface area contributed by atoms with Crippen molar-refractivity contribution in [2.45, 2.75) is 20.3 Å². The molecule has 0 aromatic rings. The van der Waals surface area contributed by atoms with E-state index < -0.39 is 12.2 Å². The van der Waals surface area contributed by atoms with Gasteiger partial charge in [0, 0.05) is 0 Å². The molecule has 0 aliphatic carbocycles. The second-order valence-corrected chi connectivity index (χ2v) is 2.45. The molecule has 0 rings (SSSR count). The van der Waals surface area contributed by atoms with Crippen LogP contribution in [0.15, 0.2) is 12.2 Å². The maximum atomic E-state index is 10.9. The molecule has 0 saturated heterocycles. The van der Waals surface area contributed by atoms with Gasteiger partial charge >= 0.3 is 12.2 Å². The molecular weight excluding hydrogens is 200 g/mol. The summed E-state index contributed by atoms with van der Waals surface area (Å²) in [6, 6.07) is 0. The zero-order chi connectivity index (χ0) is 11.5. The molecule has 0 saturated carbocycles. The Morgan fingerprint density at radius 2 is 1.67 bits per heavy atom. The van der Waals surface area contributed by atoms with Crippen LogP contribution in [0.4, 0.5) is 9.59 Å². The third kappa shape index (κ3) is 8.61. The van der Waals surface area contributed by atoms with E-state index in [1.807, 2.05) is 23.9 Å². The third-order valence-corrected chi connectivity index (χ3v) is 1.26. The van der Waals surface area contributed by atoms with Crippen molar-refractivity contribution in [1.82, 2.24) is 10.9 Å². The summed E-state index contributed by atoms with van der Waals surface area (Å²) in [4.78, 5) is 21.6. The lowest BCUT2D eigenvalue weighted by atomic mass is 10.4. The fraction of sp³-hybridized carbons (Fsp3) is 0.556. The average Bonchev–Trinajstić information content (AvgIpc) is 2.22. The van der Waals surface area contributed by atoms with Gasteiger partial charge in [-0.15, -0.1) is 0 Å². The number of hydrogen-bond donors (Lipinski definition) is 2. The molecule has 15 heavy (non-hydrogen) atoms. The molecule has 2 amide bonds. The van der Waals surface area contributed by atoms with Crippen LogP contribution in [-0.2, 0) is 9.47 Å². The normalized spacial score (nSPS) is 9.73. The number of hydrazine groups is 1. The predicted octanol–water partition coefficient (Wildman–Crippen LogP) is 1.34. The number of carbonyl (C=O) groups is 2. The quantitative estimate of drug-likeness (QED) is 0.549. The first-order chi connectivity index (χ1) is 7.20. The Balaban J connectivity index is 3.49. The van der Waals surface area contributed by atoms with Crippen LogP contribution in [0.5, 0.6) is 0 Å². The Hall–Kier alpha value is -1.72. The Labute approximate surface area is 88.6 Å². The minimum absolute atomic E-state index is 0.171. The van der Waals surface area contributed by atoms with Crippen molar-refractivity contribution in [3.63, 3.8) is 0 Å². The zero-order valence-corrected chi connectivity index (χ0v) is 8.91. The van der Waals surface area contributed by atoms with Crippen LogP contribution in [0.25, 0.3) is 0 Å². The summed E-state index contributed by atoms with van der Waals surface area (Å²) < 4.78 is 9.17. The van der Waals surface area contributed by atoms with Gasteiger partial charge in [0.15, 0.2) is 0 Å². The van der Waals surface area contributed by atoms with Gasteiger partial charge in [0.2, 0.25) is 0 Å². The van der Waals surface area contributed by atoms with E-state index in [0.29, 0.717) is 0 Å². The Morgan fingerprint density at radius 1 is 1.07 bits per heavy atom. The van der Waals surface area contributed by atoms with Crippen molar-refractivity contribution < 1.29 is 19.1 Å². The van der Waals surface area contributed by atoms with Gasteiger partial charge in [0.25, 0.3) is 0 Å². The molecule has 0 aliphatic rings. The second kappa shape index (κ2) is 8.86. The first kappa shape index (κ1) is 13.3. The standard InChI is InChI=1S/C9H16N2O4/c1-3-5-6-7-15-9(13)11-10-8(12)14-4-2/h5-6H,3-4,7H2,1-2H3,(H,10,12)(H,11,13)/b6-5+. The summed E-state index contributed by atoms with van der Waals surface area (Å²) in [5, 5.41) is 0. The molecule has 0 radical (unpaired) electrons. The van der Waals surface area contributed by atoms with Gasteiger partial charge in [-0.25, -0.2) is 20.4 Å². The zero-order valence-electron chi connectivity index (χ0n) is 8.91. The summed E-state index contributed by atoms with van der Waals surface area (Å²) in [7, 11) is 0. The molecule has 6 heteroatoms. The van der Waals surface area contributed by atoms with E-state index in [1.54, 1.807) is 13.0 Å². The van der Waals surface area contributed by atoms with Gasteiger partial charge in [-0.3, -0.25) is 0 Å². The van der Waals surface area contributed by atoms with Gasteiger partial charge in [0.1, 0.15) is 6.61 Å². The third-order valence-electron chi connectivity index (χ3n) is 1.26. The number of nitrogens with one attached hydrogen (secondary N) is 2. The number of carbonyl (C=O) groups excluding carboxylic acids is 2. The van der Waals surface area contributed by atoms with Crippen LogP contribution < -0.4 is 10.9 Å². The molecule has 0 aliphatic heterocycles. The summed E-state index contributed by atoms with van der Waals surface area (Å²) in [5.74, 6) is 0. The Bertz CT molecular complexity index is 228. The highest BCUT2D eigenvalue weighted by Gasteiger charge is 2.03. The van der Waals surface area contributed by atoms with Crippen LogP contribution in [0.3, 0.4) is 0 Å². The second-order valence-electron chi connectivity index (χ2n) is 2.45. The number of hydrogen-bond acceptors (Lipinski definition) is 4. The van der Waals surface area contributed by atoms with Gasteiger partial charge in [-0.2, -0.15) is 0 Å². The van der Waals surface area contributed by atoms with Crippen LogP contribution in [0.1, 0.15) is 20.3 Å². The van der Waals surface area contributed by atoms with E-state index in [-0.39, 0.29) is 13.2 Å². The summed E-state index contributed by atoms with van der Waals surface area (Å²) in [6.45, 7) is 4.04. The van der Waals surface area contributed by atoms with E-state index in [0.717, 1.165) is 6.42 Å². The first-order valence-corrected chi connectivity index (χ1v) is 4.71. The smallest absolute Gasteiger partial charge is 0.426 e. The number of ether oxygens (including phenoxy) is 2. The molecule has 6 nitrogen and oxygen atoms in total. The molecule has 86 valence electrons. The van der Waals surface area contributed by atoms with Crippen LogP contribution in [0, 0.1) is 0 Å². The van der Waals surface area contributed by atoms with Crippen LogP contribution in [-0.4, -0.2) is 25.4 Å².